The number of nitrogens with zero attached hydrogens (tertiary/aromatic N) is 4. The SMILES string of the molecule is c1csc([C@@H](CNc2ncnc3nc[nH]c23)N2CCOCC2)c1. The summed E-state index contributed by atoms with van der Waals surface area (Å²) in [6, 6.07) is 4.61. The zero-order valence-electron chi connectivity index (χ0n) is 12.6. The second-order valence-electron chi connectivity index (χ2n) is 5.38. The topological polar surface area (TPSA) is 79.0 Å². The molecular weight excluding hydrogens is 312 g/mol. The molecule has 1 fully saturated rings. The molecular formula is C15H18N6OS. The van der Waals surface area contributed by atoms with E-state index in [0.717, 1.165) is 44.2 Å². The molecule has 0 spiro atoms. The van der Waals surface area contributed by atoms with Gasteiger partial charge in [0.15, 0.2) is 11.5 Å². The van der Waals surface area contributed by atoms with Crippen LogP contribution < -0.4 is 5.32 Å². The van der Waals surface area contributed by atoms with Gasteiger partial charge in [0.25, 0.3) is 0 Å². The maximum atomic E-state index is 5.48. The van der Waals surface area contributed by atoms with E-state index in [1.807, 2.05) is 0 Å². The number of fused-ring (bicyclic) bond motifs is 1. The molecule has 1 atom stereocenters. The highest BCUT2D eigenvalue weighted by Gasteiger charge is 2.23. The monoisotopic (exact) mass is 330 g/mol. The zero-order valence-corrected chi connectivity index (χ0v) is 13.4. The van der Waals surface area contributed by atoms with Crippen LogP contribution in [0.1, 0.15) is 10.9 Å². The summed E-state index contributed by atoms with van der Waals surface area (Å²) in [5.74, 6) is 0.794. The molecule has 3 aromatic heterocycles. The molecule has 7 nitrogen and oxygen atoms in total. The smallest absolute Gasteiger partial charge is 0.182 e. The molecule has 4 heterocycles. The average Bonchev–Trinajstić information content (AvgIpc) is 3.28. The van der Waals surface area contributed by atoms with Crippen LogP contribution in [0.25, 0.3) is 11.2 Å². The molecule has 3 aromatic rings. The highest BCUT2D eigenvalue weighted by atomic mass is 32.1. The quantitative estimate of drug-likeness (QED) is 0.744. The van der Waals surface area contributed by atoms with Crippen LogP contribution in [-0.2, 0) is 4.74 Å². The van der Waals surface area contributed by atoms with Crippen molar-refractivity contribution in [3.8, 4) is 0 Å². The van der Waals surface area contributed by atoms with E-state index in [4.69, 9.17) is 4.74 Å². The normalized spacial score (nSPS) is 17.4. The molecule has 4 rings (SSSR count). The lowest BCUT2D eigenvalue weighted by Crippen LogP contribution is -2.41. The summed E-state index contributed by atoms with van der Waals surface area (Å²) < 4.78 is 5.48. The number of nitrogens with one attached hydrogen (secondary N) is 2. The highest BCUT2D eigenvalue weighted by molar-refractivity contribution is 7.10. The van der Waals surface area contributed by atoms with Crippen LogP contribution in [0.5, 0.6) is 0 Å². The van der Waals surface area contributed by atoms with Gasteiger partial charge in [-0.1, -0.05) is 6.07 Å². The van der Waals surface area contributed by atoms with Gasteiger partial charge in [-0.25, -0.2) is 15.0 Å². The van der Waals surface area contributed by atoms with Gasteiger partial charge in [0, 0.05) is 24.5 Å². The van der Waals surface area contributed by atoms with E-state index in [0.29, 0.717) is 11.7 Å². The van der Waals surface area contributed by atoms with E-state index >= 15 is 0 Å². The largest absolute Gasteiger partial charge is 0.379 e. The van der Waals surface area contributed by atoms with E-state index in [1.54, 1.807) is 24.0 Å². The molecule has 1 aliphatic heterocycles. The molecule has 120 valence electrons. The minimum Gasteiger partial charge on any atom is -0.379 e. The average molecular weight is 330 g/mol. The Bertz CT molecular complexity index is 752. The minimum absolute atomic E-state index is 0.312. The van der Waals surface area contributed by atoms with E-state index < -0.39 is 0 Å². The van der Waals surface area contributed by atoms with Crippen molar-refractivity contribution in [2.75, 3.05) is 38.2 Å². The summed E-state index contributed by atoms with van der Waals surface area (Å²) in [6.45, 7) is 4.27. The second-order valence-corrected chi connectivity index (χ2v) is 6.36. The van der Waals surface area contributed by atoms with Crippen LogP contribution >= 0.6 is 11.3 Å². The number of anilines is 1. The summed E-state index contributed by atoms with van der Waals surface area (Å²) >= 11 is 1.79. The number of morpholine rings is 1. The number of H-pyrrole nitrogens is 1. The van der Waals surface area contributed by atoms with Gasteiger partial charge in [-0.3, -0.25) is 4.90 Å². The Labute approximate surface area is 137 Å². The molecule has 8 heteroatoms. The van der Waals surface area contributed by atoms with E-state index in [1.165, 1.54) is 4.88 Å². The molecule has 0 aromatic carbocycles. The molecule has 23 heavy (non-hydrogen) atoms. The van der Waals surface area contributed by atoms with Gasteiger partial charge in [-0.15, -0.1) is 11.3 Å². The molecule has 2 N–H and O–H groups in total. The summed E-state index contributed by atoms with van der Waals surface area (Å²) in [4.78, 5) is 19.6. The van der Waals surface area contributed by atoms with Gasteiger partial charge in [-0.2, -0.15) is 0 Å². The van der Waals surface area contributed by atoms with Crippen molar-refractivity contribution >= 4 is 28.3 Å². The molecule has 0 amide bonds. The number of aromatic nitrogens is 4. The molecule has 0 aliphatic carbocycles. The van der Waals surface area contributed by atoms with Crippen molar-refractivity contribution in [3.05, 3.63) is 35.0 Å². The first kappa shape index (κ1) is 14.6. The minimum atomic E-state index is 0.312. The van der Waals surface area contributed by atoms with Crippen LogP contribution in [-0.4, -0.2) is 57.7 Å². The Kier molecular flexibility index (Phi) is 4.18. The number of hydrogen-bond donors (Lipinski definition) is 2. The molecule has 1 saturated heterocycles. The van der Waals surface area contributed by atoms with Gasteiger partial charge in [-0.05, 0) is 11.4 Å². The van der Waals surface area contributed by atoms with Crippen molar-refractivity contribution < 1.29 is 4.74 Å². The predicted molar refractivity (Wildman–Crippen MR) is 89.6 cm³/mol. The van der Waals surface area contributed by atoms with Gasteiger partial charge in [0.1, 0.15) is 11.8 Å². The third-order valence-corrected chi connectivity index (χ3v) is 5.02. The standard InChI is InChI=1S/C15H18N6OS/c1-2-12(23-7-1)11(21-3-5-22-6-4-21)8-16-14-13-15(18-9-17-13)20-10-19-14/h1-2,7,9-11H,3-6,8H2,(H2,16,17,18,19,20)/t11-/m1/s1. The number of imidazole rings is 1. The Balaban J connectivity index is 1.54. The summed E-state index contributed by atoms with van der Waals surface area (Å²) in [6.07, 6.45) is 3.18. The Hall–Kier alpha value is -2.03. The van der Waals surface area contributed by atoms with E-state index in [-0.39, 0.29) is 0 Å². The van der Waals surface area contributed by atoms with Crippen LogP contribution in [0.4, 0.5) is 5.82 Å². The third-order valence-electron chi connectivity index (χ3n) is 4.04. The van der Waals surface area contributed by atoms with Crippen LogP contribution in [0, 0.1) is 0 Å². The Morgan fingerprint density at radius 1 is 1.30 bits per heavy atom. The fourth-order valence-corrected chi connectivity index (χ4v) is 3.73. The molecule has 1 aliphatic rings. The molecule has 0 unspecified atom stereocenters. The fourth-order valence-electron chi connectivity index (χ4n) is 2.87. The van der Waals surface area contributed by atoms with Gasteiger partial charge in [0.05, 0.1) is 25.6 Å². The number of ether oxygens (including phenoxy) is 1. The lowest BCUT2D eigenvalue weighted by Gasteiger charge is -2.34. The van der Waals surface area contributed by atoms with Crippen molar-refractivity contribution in [3.63, 3.8) is 0 Å². The maximum absolute atomic E-state index is 5.48. The molecule has 0 bridgehead atoms. The van der Waals surface area contributed by atoms with Crippen LogP contribution in [0.15, 0.2) is 30.2 Å². The Morgan fingerprint density at radius 2 is 2.22 bits per heavy atom. The number of rotatable bonds is 5. The lowest BCUT2D eigenvalue weighted by molar-refractivity contribution is 0.0194. The van der Waals surface area contributed by atoms with Crippen LogP contribution in [0.3, 0.4) is 0 Å². The second kappa shape index (κ2) is 6.61. The van der Waals surface area contributed by atoms with Gasteiger partial charge in [0.2, 0.25) is 0 Å². The first-order valence-electron chi connectivity index (χ1n) is 7.65. The van der Waals surface area contributed by atoms with Crippen molar-refractivity contribution in [2.24, 2.45) is 0 Å². The van der Waals surface area contributed by atoms with Gasteiger partial charge >= 0.3 is 0 Å². The molecule has 0 radical (unpaired) electrons. The first-order valence-corrected chi connectivity index (χ1v) is 8.53. The lowest BCUT2D eigenvalue weighted by atomic mass is 10.2. The van der Waals surface area contributed by atoms with E-state index in [9.17, 15) is 0 Å². The van der Waals surface area contributed by atoms with E-state index in [2.05, 4.69) is 47.7 Å². The van der Waals surface area contributed by atoms with Gasteiger partial charge < -0.3 is 15.0 Å². The summed E-state index contributed by atoms with van der Waals surface area (Å²) in [5, 5.41) is 5.59. The maximum Gasteiger partial charge on any atom is 0.182 e. The van der Waals surface area contributed by atoms with Crippen molar-refractivity contribution in [1.29, 1.82) is 0 Å². The first-order chi connectivity index (χ1) is 11.4. The third kappa shape index (κ3) is 3.05. The number of aromatic amines is 1. The fraction of sp³-hybridized carbons (Fsp3) is 0.400. The summed E-state index contributed by atoms with van der Waals surface area (Å²) in [7, 11) is 0. The summed E-state index contributed by atoms with van der Waals surface area (Å²) in [5.41, 5.74) is 1.53. The highest BCUT2D eigenvalue weighted by Crippen LogP contribution is 2.27. The molecule has 0 saturated carbocycles. The van der Waals surface area contributed by atoms with Crippen molar-refractivity contribution in [2.45, 2.75) is 6.04 Å². The number of thiophene rings is 1. The van der Waals surface area contributed by atoms with Crippen LogP contribution in [0.2, 0.25) is 0 Å². The van der Waals surface area contributed by atoms with Crippen molar-refractivity contribution in [1.82, 2.24) is 24.8 Å². The zero-order chi connectivity index (χ0) is 15.5. The number of hydrogen-bond acceptors (Lipinski definition) is 7. The Morgan fingerprint density at radius 3 is 3.04 bits per heavy atom. The predicted octanol–water partition coefficient (Wildman–Crippen LogP) is 1.90.